The van der Waals surface area contributed by atoms with Crippen LogP contribution in [0.3, 0.4) is 0 Å². The maximum atomic E-state index is 11.0. The second kappa shape index (κ2) is 5.38. The molecule has 1 atom stereocenters. The van der Waals surface area contributed by atoms with Crippen molar-refractivity contribution >= 4 is 17.5 Å². The van der Waals surface area contributed by atoms with Crippen molar-refractivity contribution in [2.75, 3.05) is 20.2 Å². The SMILES string of the molecule is COc1ccc(CC2CNC(=O)CN2)cc1Cl. The topological polar surface area (TPSA) is 50.4 Å². The molecule has 1 aromatic carbocycles. The first-order valence-electron chi connectivity index (χ1n) is 5.51. The van der Waals surface area contributed by atoms with E-state index in [0.717, 1.165) is 12.0 Å². The third-order valence-electron chi connectivity index (χ3n) is 2.80. The molecule has 1 saturated heterocycles. The fraction of sp³-hybridized carbons (Fsp3) is 0.417. The summed E-state index contributed by atoms with van der Waals surface area (Å²) in [7, 11) is 1.60. The number of nitrogens with one attached hydrogen (secondary N) is 2. The van der Waals surface area contributed by atoms with E-state index in [1.54, 1.807) is 7.11 Å². The number of rotatable bonds is 3. The monoisotopic (exact) mass is 254 g/mol. The van der Waals surface area contributed by atoms with Gasteiger partial charge in [0.2, 0.25) is 5.91 Å². The van der Waals surface area contributed by atoms with Crippen LogP contribution in [0.15, 0.2) is 18.2 Å². The molecular weight excluding hydrogens is 240 g/mol. The quantitative estimate of drug-likeness (QED) is 0.846. The number of benzene rings is 1. The molecule has 92 valence electrons. The fourth-order valence-corrected chi connectivity index (χ4v) is 2.15. The molecule has 1 aromatic rings. The van der Waals surface area contributed by atoms with Gasteiger partial charge >= 0.3 is 0 Å². The normalized spacial score (nSPS) is 19.9. The van der Waals surface area contributed by atoms with Crippen molar-refractivity contribution in [2.45, 2.75) is 12.5 Å². The average Bonchev–Trinajstić information content (AvgIpc) is 2.32. The molecule has 2 rings (SSSR count). The van der Waals surface area contributed by atoms with Crippen molar-refractivity contribution in [3.05, 3.63) is 28.8 Å². The van der Waals surface area contributed by atoms with Crippen molar-refractivity contribution in [2.24, 2.45) is 0 Å². The van der Waals surface area contributed by atoms with E-state index in [1.807, 2.05) is 18.2 Å². The molecule has 1 aliphatic rings. The van der Waals surface area contributed by atoms with Gasteiger partial charge < -0.3 is 15.4 Å². The molecule has 0 aromatic heterocycles. The first-order chi connectivity index (χ1) is 8.19. The third kappa shape index (κ3) is 3.11. The number of carbonyl (C=O) groups is 1. The van der Waals surface area contributed by atoms with Gasteiger partial charge in [-0.1, -0.05) is 17.7 Å². The largest absolute Gasteiger partial charge is 0.495 e. The molecule has 0 saturated carbocycles. The molecule has 0 aliphatic carbocycles. The molecule has 2 N–H and O–H groups in total. The summed E-state index contributed by atoms with van der Waals surface area (Å²) in [5.41, 5.74) is 1.13. The Kier molecular flexibility index (Phi) is 3.86. The highest BCUT2D eigenvalue weighted by Gasteiger charge is 2.17. The maximum absolute atomic E-state index is 11.0. The van der Waals surface area contributed by atoms with Crippen LogP contribution in [0.25, 0.3) is 0 Å². The van der Waals surface area contributed by atoms with Crippen molar-refractivity contribution < 1.29 is 9.53 Å². The van der Waals surface area contributed by atoms with Crippen LogP contribution in [0.2, 0.25) is 5.02 Å². The van der Waals surface area contributed by atoms with Crippen LogP contribution in [0, 0.1) is 0 Å². The van der Waals surface area contributed by atoms with Crippen molar-refractivity contribution in [1.29, 1.82) is 0 Å². The van der Waals surface area contributed by atoms with Crippen molar-refractivity contribution in [3.63, 3.8) is 0 Å². The molecule has 1 unspecified atom stereocenters. The Labute approximate surface area is 105 Å². The molecule has 1 aliphatic heterocycles. The highest BCUT2D eigenvalue weighted by Crippen LogP contribution is 2.25. The lowest BCUT2D eigenvalue weighted by Gasteiger charge is -2.24. The van der Waals surface area contributed by atoms with Crippen molar-refractivity contribution in [1.82, 2.24) is 10.6 Å². The number of halogens is 1. The number of ether oxygens (including phenoxy) is 1. The number of carbonyl (C=O) groups excluding carboxylic acids is 1. The number of piperazine rings is 1. The zero-order valence-corrected chi connectivity index (χ0v) is 10.4. The van der Waals surface area contributed by atoms with E-state index in [2.05, 4.69) is 10.6 Å². The molecule has 17 heavy (non-hydrogen) atoms. The van der Waals surface area contributed by atoms with Gasteiger partial charge in [0, 0.05) is 12.6 Å². The molecule has 0 spiro atoms. The second-order valence-corrected chi connectivity index (χ2v) is 4.46. The predicted molar refractivity (Wildman–Crippen MR) is 66.5 cm³/mol. The van der Waals surface area contributed by atoms with E-state index in [4.69, 9.17) is 16.3 Å². The average molecular weight is 255 g/mol. The van der Waals surface area contributed by atoms with Crippen LogP contribution in [-0.4, -0.2) is 32.1 Å². The minimum atomic E-state index is 0.0500. The Morgan fingerprint density at radius 3 is 2.94 bits per heavy atom. The molecule has 1 amide bonds. The molecular formula is C12H15ClN2O2. The zero-order chi connectivity index (χ0) is 12.3. The summed E-state index contributed by atoms with van der Waals surface area (Å²) in [6.45, 7) is 1.04. The van der Waals surface area contributed by atoms with E-state index in [-0.39, 0.29) is 11.9 Å². The highest BCUT2D eigenvalue weighted by atomic mass is 35.5. The lowest BCUT2D eigenvalue weighted by Crippen LogP contribution is -2.52. The Morgan fingerprint density at radius 1 is 1.53 bits per heavy atom. The van der Waals surface area contributed by atoms with E-state index in [0.29, 0.717) is 23.9 Å². The Morgan fingerprint density at radius 2 is 2.35 bits per heavy atom. The van der Waals surface area contributed by atoms with Gasteiger partial charge in [-0.15, -0.1) is 0 Å². The second-order valence-electron chi connectivity index (χ2n) is 4.05. The summed E-state index contributed by atoms with van der Waals surface area (Å²) in [5, 5.41) is 6.63. The van der Waals surface area contributed by atoms with E-state index in [1.165, 1.54) is 0 Å². The van der Waals surface area contributed by atoms with Gasteiger partial charge in [-0.05, 0) is 24.1 Å². The van der Waals surface area contributed by atoms with Gasteiger partial charge in [0.25, 0.3) is 0 Å². The van der Waals surface area contributed by atoms with Crippen LogP contribution in [0.1, 0.15) is 5.56 Å². The van der Waals surface area contributed by atoms with Gasteiger partial charge in [0.15, 0.2) is 0 Å². The van der Waals surface area contributed by atoms with Crippen LogP contribution >= 0.6 is 11.6 Å². The minimum Gasteiger partial charge on any atom is -0.495 e. The molecule has 0 bridgehead atoms. The lowest BCUT2D eigenvalue weighted by atomic mass is 10.0. The van der Waals surface area contributed by atoms with Crippen LogP contribution in [-0.2, 0) is 11.2 Å². The molecule has 1 heterocycles. The first kappa shape index (κ1) is 12.2. The van der Waals surface area contributed by atoms with Gasteiger partial charge in [-0.2, -0.15) is 0 Å². The molecule has 0 radical (unpaired) electrons. The number of methoxy groups -OCH3 is 1. The number of hydrogen-bond donors (Lipinski definition) is 2. The van der Waals surface area contributed by atoms with Gasteiger partial charge in [0.05, 0.1) is 18.7 Å². The summed E-state index contributed by atoms with van der Waals surface area (Å²) in [6, 6.07) is 6.01. The Bertz CT molecular complexity index is 413. The molecule has 5 heteroatoms. The summed E-state index contributed by atoms with van der Waals surface area (Å²) in [4.78, 5) is 11.0. The van der Waals surface area contributed by atoms with E-state index >= 15 is 0 Å². The zero-order valence-electron chi connectivity index (χ0n) is 9.63. The lowest BCUT2D eigenvalue weighted by molar-refractivity contribution is -0.121. The Hall–Kier alpha value is -1.26. The van der Waals surface area contributed by atoms with Crippen LogP contribution in [0.4, 0.5) is 0 Å². The predicted octanol–water partition coefficient (Wildman–Crippen LogP) is 0.979. The first-order valence-corrected chi connectivity index (χ1v) is 5.89. The standard InChI is InChI=1S/C12H15ClN2O2/c1-17-11-3-2-8(5-10(11)13)4-9-6-15-12(16)7-14-9/h2-3,5,9,14H,4,6-7H2,1H3,(H,15,16). The third-order valence-corrected chi connectivity index (χ3v) is 3.09. The number of hydrogen-bond acceptors (Lipinski definition) is 3. The summed E-state index contributed by atoms with van der Waals surface area (Å²) >= 11 is 6.06. The van der Waals surface area contributed by atoms with Gasteiger partial charge in [-0.25, -0.2) is 0 Å². The summed E-state index contributed by atoms with van der Waals surface area (Å²) < 4.78 is 5.10. The smallest absolute Gasteiger partial charge is 0.234 e. The van der Waals surface area contributed by atoms with Gasteiger partial charge in [-0.3, -0.25) is 4.79 Å². The maximum Gasteiger partial charge on any atom is 0.234 e. The minimum absolute atomic E-state index is 0.0500. The molecule has 1 fully saturated rings. The van der Waals surface area contributed by atoms with Crippen LogP contribution < -0.4 is 15.4 Å². The summed E-state index contributed by atoms with van der Waals surface area (Å²) in [5.74, 6) is 0.731. The van der Waals surface area contributed by atoms with E-state index in [9.17, 15) is 4.79 Å². The summed E-state index contributed by atoms with van der Waals surface area (Å²) in [6.07, 6.45) is 0.837. The van der Waals surface area contributed by atoms with Gasteiger partial charge in [0.1, 0.15) is 5.75 Å². The highest BCUT2D eigenvalue weighted by molar-refractivity contribution is 6.32. The number of amides is 1. The molecule has 4 nitrogen and oxygen atoms in total. The van der Waals surface area contributed by atoms with Crippen molar-refractivity contribution in [3.8, 4) is 5.75 Å². The van der Waals surface area contributed by atoms with E-state index < -0.39 is 0 Å². The Balaban J connectivity index is 1.99. The fourth-order valence-electron chi connectivity index (χ4n) is 1.87. The van der Waals surface area contributed by atoms with Crippen LogP contribution in [0.5, 0.6) is 5.75 Å².